The van der Waals surface area contributed by atoms with Gasteiger partial charge in [-0.25, -0.2) is 9.99 Å². The van der Waals surface area contributed by atoms with E-state index in [1.807, 2.05) is 0 Å². The molecule has 0 aromatic carbocycles. The Kier molecular flexibility index (Phi) is 4.04. The number of rotatable bonds is 2. The first-order chi connectivity index (χ1) is 10.0. The molecule has 0 saturated heterocycles. The number of anilines is 1. The maximum atomic E-state index is 12.9. The zero-order valence-electron chi connectivity index (χ0n) is 10.5. The van der Waals surface area contributed by atoms with Gasteiger partial charge in [-0.1, -0.05) is 6.07 Å². The van der Waals surface area contributed by atoms with Gasteiger partial charge in [0.25, 0.3) is 0 Å². The van der Waals surface area contributed by atoms with E-state index in [2.05, 4.69) is 10.1 Å². The number of hydrogen-bond donors (Lipinski definition) is 2. The van der Waals surface area contributed by atoms with E-state index in [1.165, 1.54) is 18.3 Å². The summed E-state index contributed by atoms with van der Waals surface area (Å²) < 4.78 is 76.2. The molecule has 5 nitrogen and oxygen atoms in total. The van der Waals surface area contributed by atoms with Crippen molar-refractivity contribution in [2.75, 3.05) is 5.01 Å². The SMILES string of the molecule is OC1C(C(O)C(F)(F)F)C(C(F)(F)F)=NN1c1ccccn1. The molecule has 0 radical (unpaired) electrons. The van der Waals surface area contributed by atoms with Crippen LogP contribution in [0.25, 0.3) is 0 Å². The van der Waals surface area contributed by atoms with Crippen molar-refractivity contribution in [2.45, 2.75) is 24.7 Å². The normalized spacial score (nSPS) is 24.4. The van der Waals surface area contributed by atoms with Crippen LogP contribution in [0.2, 0.25) is 0 Å². The van der Waals surface area contributed by atoms with Crippen molar-refractivity contribution in [1.82, 2.24) is 4.98 Å². The van der Waals surface area contributed by atoms with Gasteiger partial charge in [0.05, 0.1) is 5.92 Å². The van der Waals surface area contributed by atoms with Gasteiger partial charge in [0.1, 0.15) is 0 Å². The van der Waals surface area contributed by atoms with Gasteiger partial charge < -0.3 is 10.2 Å². The first kappa shape index (κ1) is 16.5. The molecule has 0 fully saturated rings. The topological polar surface area (TPSA) is 69.0 Å². The molecule has 1 aliphatic rings. The van der Waals surface area contributed by atoms with E-state index in [1.54, 1.807) is 0 Å². The lowest BCUT2D eigenvalue weighted by atomic mass is 9.94. The van der Waals surface area contributed by atoms with E-state index in [0.717, 1.165) is 6.07 Å². The molecule has 11 heteroatoms. The van der Waals surface area contributed by atoms with Gasteiger partial charge >= 0.3 is 12.4 Å². The number of nitrogens with zero attached hydrogens (tertiary/aromatic N) is 3. The van der Waals surface area contributed by atoms with Crippen molar-refractivity contribution in [3.63, 3.8) is 0 Å². The van der Waals surface area contributed by atoms with Crippen LogP contribution in [0.4, 0.5) is 32.2 Å². The summed E-state index contributed by atoms with van der Waals surface area (Å²) >= 11 is 0. The zero-order chi connectivity index (χ0) is 16.7. The quantitative estimate of drug-likeness (QED) is 0.810. The molecule has 1 aromatic rings. The van der Waals surface area contributed by atoms with Crippen molar-refractivity contribution < 1.29 is 36.6 Å². The lowest BCUT2D eigenvalue weighted by Gasteiger charge is -2.27. The smallest absolute Gasteiger partial charge is 0.383 e. The number of aliphatic hydroxyl groups is 2. The van der Waals surface area contributed by atoms with E-state index in [0.29, 0.717) is 5.01 Å². The highest BCUT2D eigenvalue weighted by Gasteiger charge is 2.59. The maximum absolute atomic E-state index is 12.9. The summed E-state index contributed by atoms with van der Waals surface area (Å²) in [7, 11) is 0. The lowest BCUT2D eigenvalue weighted by molar-refractivity contribution is -0.221. The van der Waals surface area contributed by atoms with Crippen LogP contribution >= 0.6 is 0 Å². The molecule has 0 spiro atoms. The fourth-order valence-electron chi connectivity index (χ4n) is 1.97. The summed E-state index contributed by atoms with van der Waals surface area (Å²) in [6, 6.07) is 3.93. The van der Waals surface area contributed by atoms with Crippen molar-refractivity contribution in [1.29, 1.82) is 0 Å². The number of hydrazone groups is 1. The van der Waals surface area contributed by atoms with Gasteiger partial charge in [-0.2, -0.15) is 31.4 Å². The summed E-state index contributed by atoms with van der Waals surface area (Å²) in [4.78, 5) is 3.61. The van der Waals surface area contributed by atoms with Crippen LogP contribution in [-0.4, -0.2) is 45.6 Å². The average Bonchev–Trinajstić information content (AvgIpc) is 2.75. The summed E-state index contributed by atoms with van der Waals surface area (Å²) in [6.07, 6.45) is -15.2. The highest BCUT2D eigenvalue weighted by Crippen LogP contribution is 2.39. The average molecular weight is 329 g/mol. The first-order valence-corrected chi connectivity index (χ1v) is 5.82. The second-order valence-corrected chi connectivity index (χ2v) is 4.44. The molecule has 0 amide bonds. The van der Waals surface area contributed by atoms with E-state index in [9.17, 15) is 31.4 Å². The molecule has 0 bridgehead atoms. The molecule has 3 unspecified atom stereocenters. The molecule has 1 aromatic heterocycles. The Morgan fingerprint density at radius 2 is 1.77 bits per heavy atom. The Morgan fingerprint density at radius 3 is 2.23 bits per heavy atom. The van der Waals surface area contributed by atoms with Gasteiger partial charge in [-0.15, -0.1) is 0 Å². The Morgan fingerprint density at radius 1 is 1.14 bits per heavy atom. The molecule has 2 rings (SSSR count). The minimum absolute atomic E-state index is 0.284. The maximum Gasteiger partial charge on any atom is 0.431 e. The lowest BCUT2D eigenvalue weighted by Crippen LogP contribution is -2.49. The predicted molar refractivity (Wildman–Crippen MR) is 61.8 cm³/mol. The molecule has 2 N–H and O–H groups in total. The number of aliphatic hydroxyl groups excluding tert-OH is 2. The highest BCUT2D eigenvalue weighted by molar-refractivity contribution is 5.95. The molecule has 0 saturated carbocycles. The number of halogens is 6. The largest absolute Gasteiger partial charge is 0.431 e. The van der Waals surface area contributed by atoms with Crippen molar-refractivity contribution in [3.05, 3.63) is 24.4 Å². The van der Waals surface area contributed by atoms with Crippen molar-refractivity contribution in [2.24, 2.45) is 11.0 Å². The van der Waals surface area contributed by atoms with E-state index in [-0.39, 0.29) is 5.82 Å². The fraction of sp³-hybridized carbons (Fsp3) is 0.455. The van der Waals surface area contributed by atoms with Gasteiger partial charge in [-0.3, -0.25) is 0 Å². The van der Waals surface area contributed by atoms with Crippen molar-refractivity contribution >= 4 is 11.5 Å². The second-order valence-electron chi connectivity index (χ2n) is 4.44. The standard InChI is InChI=1S/C11H9F6N3O2/c12-10(13,14)7-6(8(21)11(15,16)17)9(22)20(19-7)5-3-1-2-4-18-5/h1-4,6,8-9,21-22H. The van der Waals surface area contributed by atoms with Gasteiger partial charge in [-0.05, 0) is 12.1 Å². The molecular formula is C11H9F6N3O2. The van der Waals surface area contributed by atoms with Crippen molar-refractivity contribution in [3.8, 4) is 0 Å². The minimum atomic E-state index is -5.35. The van der Waals surface area contributed by atoms with Gasteiger partial charge in [0, 0.05) is 6.20 Å². The number of alkyl halides is 6. The Balaban J connectivity index is 2.45. The third-order valence-electron chi connectivity index (χ3n) is 2.95. The fourth-order valence-corrected chi connectivity index (χ4v) is 1.97. The number of aromatic nitrogens is 1. The molecule has 1 aliphatic heterocycles. The summed E-state index contributed by atoms with van der Waals surface area (Å²) in [5.41, 5.74) is -1.92. The predicted octanol–water partition coefficient (Wildman–Crippen LogP) is 1.68. The zero-order valence-corrected chi connectivity index (χ0v) is 10.5. The third kappa shape index (κ3) is 2.99. The van der Waals surface area contributed by atoms with Crippen LogP contribution in [-0.2, 0) is 0 Å². The molecule has 3 atom stereocenters. The molecule has 22 heavy (non-hydrogen) atoms. The Labute approximate surface area is 119 Å². The van der Waals surface area contributed by atoms with E-state index >= 15 is 0 Å². The van der Waals surface area contributed by atoms with Crippen LogP contribution in [0.1, 0.15) is 0 Å². The van der Waals surface area contributed by atoms with E-state index < -0.39 is 36.3 Å². The van der Waals surface area contributed by atoms with E-state index in [4.69, 9.17) is 5.11 Å². The third-order valence-corrected chi connectivity index (χ3v) is 2.95. The van der Waals surface area contributed by atoms with Crippen LogP contribution in [0.5, 0.6) is 0 Å². The molecule has 122 valence electrons. The summed E-state index contributed by atoms with van der Waals surface area (Å²) in [5, 5.41) is 22.2. The summed E-state index contributed by atoms with van der Waals surface area (Å²) in [6.45, 7) is 0. The molecular weight excluding hydrogens is 320 g/mol. The summed E-state index contributed by atoms with van der Waals surface area (Å²) in [5.74, 6) is -2.98. The Bertz CT molecular complexity index is 559. The van der Waals surface area contributed by atoms with Crippen LogP contribution in [0.15, 0.2) is 29.5 Å². The van der Waals surface area contributed by atoms with Gasteiger partial charge in [0.2, 0.25) is 0 Å². The van der Waals surface area contributed by atoms with Crippen LogP contribution in [0, 0.1) is 5.92 Å². The monoisotopic (exact) mass is 329 g/mol. The Hall–Kier alpha value is -1.88. The molecule has 2 heterocycles. The first-order valence-electron chi connectivity index (χ1n) is 5.82. The minimum Gasteiger partial charge on any atom is -0.383 e. The highest BCUT2D eigenvalue weighted by atomic mass is 19.4. The molecule has 0 aliphatic carbocycles. The number of pyridine rings is 1. The number of hydrogen-bond acceptors (Lipinski definition) is 5. The second kappa shape index (κ2) is 5.39. The van der Waals surface area contributed by atoms with Crippen LogP contribution in [0.3, 0.4) is 0 Å². The van der Waals surface area contributed by atoms with Gasteiger partial charge in [0.15, 0.2) is 23.9 Å². The van der Waals surface area contributed by atoms with Crippen LogP contribution < -0.4 is 5.01 Å².